The number of para-hydroxylation sites is 1. The fourth-order valence-electron chi connectivity index (χ4n) is 2.35. The van der Waals surface area contributed by atoms with E-state index in [1.54, 1.807) is 43.4 Å². The van der Waals surface area contributed by atoms with Crippen molar-refractivity contribution in [3.63, 3.8) is 0 Å². The number of nitro benzene ring substituents is 1. The molecule has 0 unspecified atom stereocenters. The third kappa shape index (κ3) is 3.78. The summed E-state index contributed by atoms with van der Waals surface area (Å²) in [5.41, 5.74) is 1.60. The number of anilines is 1. The molecule has 1 N–H and O–H groups in total. The minimum Gasteiger partial charge on any atom is -0.322 e. The number of amides is 1. The van der Waals surface area contributed by atoms with Gasteiger partial charge in [0.2, 0.25) is 5.91 Å². The van der Waals surface area contributed by atoms with Gasteiger partial charge < -0.3 is 5.32 Å². The SMILES string of the molecule is Cn1nnnc1-c1cccc(NC(=O)/C=C/c2ccccc2[N+](=O)[O-])c1. The minimum absolute atomic E-state index is 0.0617. The molecule has 0 atom stereocenters. The molecule has 0 aliphatic carbocycles. The smallest absolute Gasteiger partial charge is 0.276 e. The molecule has 0 bridgehead atoms. The molecule has 26 heavy (non-hydrogen) atoms. The van der Waals surface area contributed by atoms with Crippen molar-refractivity contribution in [3.05, 3.63) is 70.3 Å². The van der Waals surface area contributed by atoms with Crippen molar-refractivity contribution in [3.8, 4) is 11.4 Å². The number of nitrogens with one attached hydrogen (secondary N) is 1. The molecule has 9 nitrogen and oxygen atoms in total. The van der Waals surface area contributed by atoms with E-state index in [0.717, 1.165) is 5.56 Å². The quantitative estimate of drug-likeness (QED) is 0.429. The van der Waals surface area contributed by atoms with E-state index < -0.39 is 10.8 Å². The minimum atomic E-state index is -0.490. The van der Waals surface area contributed by atoms with E-state index >= 15 is 0 Å². The lowest BCUT2D eigenvalue weighted by atomic mass is 10.1. The zero-order valence-electron chi connectivity index (χ0n) is 13.7. The maximum Gasteiger partial charge on any atom is 0.276 e. The highest BCUT2D eigenvalue weighted by Gasteiger charge is 2.10. The highest BCUT2D eigenvalue weighted by molar-refractivity contribution is 6.02. The Labute approximate surface area is 148 Å². The third-order valence-corrected chi connectivity index (χ3v) is 3.56. The Kier molecular flexibility index (Phi) is 4.79. The highest BCUT2D eigenvalue weighted by atomic mass is 16.6. The van der Waals surface area contributed by atoms with Gasteiger partial charge in [0.1, 0.15) is 0 Å². The van der Waals surface area contributed by atoms with Crippen LogP contribution in [0.3, 0.4) is 0 Å². The molecule has 130 valence electrons. The van der Waals surface area contributed by atoms with Crippen LogP contribution in [0.4, 0.5) is 11.4 Å². The van der Waals surface area contributed by atoms with Crippen molar-refractivity contribution in [2.75, 3.05) is 5.32 Å². The molecule has 1 aromatic heterocycles. The van der Waals surface area contributed by atoms with Crippen LogP contribution in [0.1, 0.15) is 5.56 Å². The van der Waals surface area contributed by atoms with Gasteiger partial charge in [-0.3, -0.25) is 14.9 Å². The van der Waals surface area contributed by atoms with Crippen molar-refractivity contribution >= 4 is 23.4 Å². The molecule has 0 saturated heterocycles. The molecular formula is C17H14N6O3. The van der Waals surface area contributed by atoms with E-state index in [2.05, 4.69) is 20.8 Å². The number of aromatic nitrogens is 4. The average molecular weight is 350 g/mol. The molecule has 0 aliphatic heterocycles. The van der Waals surface area contributed by atoms with Crippen LogP contribution in [0.15, 0.2) is 54.6 Å². The standard InChI is InChI=1S/C17H14N6O3/c1-22-17(19-20-21-22)13-6-4-7-14(11-13)18-16(24)10-9-12-5-2-3-8-15(12)23(25)26/h2-11H,1H3,(H,18,24)/b10-9+. The average Bonchev–Trinajstić information content (AvgIpc) is 3.06. The summed E-state index contributed by atoms with van der Waals surface area (Å²) in [7, 11) is 1.72. The second-order valence-electron chi connectivity index (χ2n) is 5.35. The predicted octanol–water partition coefficient (Wildman–Crippen LogP) is 2.44. The van der Waals surface area contributed by atoms with Crippen LogP contribution in [-0.2, 0) is 11.8 Å². The van der Waals surface area contributed by atoms with Gasteiger partial charge in [-0.1, -0.05) is 24.3 Å². The molecule has 2 aromatic carbocycles. The van der Waals surface area contributed by atoms with Crippen LogP contribution >= 0.6 is 0 Å². The van der Waals surface area contributed by atoms with Gasteiger partial charge in [0, 0.05) is 30.4 Å². The molecule has 3 aromatic rings. The monoisotopic (exact) mass is 350 g/mol. The van der Waals surface area contributed by atoms with E-state index in [1.165, 1.54) is 22.9 Å². The van der Waals surface area contributed by atoms with E-state index in [1.807, 2.05) is 6.07 Å². The first kappa shape index (κ1) is 17.0. The zero-order valence-corrected chi connectivity index (χ0v) is 13.7. The molecule has 1 amide bonds. The summed E-state index contributed by atoms with van der Waals surface area (Å²) in [5, 5.41) is 25.0. The fraction of sp³-hybridized carbons (Fsp3) is 0.0588. The molecule has 0 spiro atoms. The van der Waals surface area contributed by atoms with Crippen molar-refractivity contribution in [1.82, 2.24) is 20.2 Å². The Morgan fingerprint density at radius 1 is 1.23 bits per heavy atom. The van der Waals surface area contributed by atoms with Gasteiger partial charge >= 0.3 is 0 Å². The number of hydrogen-bond acceptors (Lipinski definition) is 6. The van der Waals surface area contributed by atoms with Gasteiger partial charge in [-0.05, 0) is 34.7 Å². The Hall–Kier alpha value is -3.88. The first-order valence-electron chi connectivity index (χ1n) is 7.60. The normalized spacial score (nSPS) is 10.8. The number of rotatable bonds is 5. The van der Waals surface area contributed by atoms with Gasteiger partial charge in [-0.2, -0.15) is 0 Å². The number of carbonyl (C=O) groups excluding carboxylic acids is 1. The highest BCUT2D eigenvalue weighted by Crippen LogP contribution is 2.21. The van der Waals surface area contributed by atoms with Crippen LogP contribution in [-0.4, -0.2) is 31.0 Å². The lowest BCUT2D eigenvalue weighted by Crippen LogP contribution is -2.08. The number of benzene rings is 2. The van der Waals surface area contributed by atoms with Crippen LogP contribution in [0.5, 0.6) is 0 Å². The largest absolute Gasteiger partial charge is 0.322 e. The zero-order chi connectivity index (χ0) is 18.5. The van der Waals surface area contributed by atoms with Crippen LogP contribution in [0.2, 0.25) is 0 Å². The Bertz CT molecular complexity index is 995. The van der Waals surface area contributed by atoms with Gasteiger partial charge in [-0.25, -0.2) is 4.68 Å². The second kappa shape index (κ2) is 7.34. The van der Waals surface area contributed by atoms with E-state index in [0.29, 0.717) is 17.1 Å². The predicted molar refractivity (Wildman–Crippen MR) is 95.0 cm³/mol. The Balaban J connectivity index is 1.75. The molecule has 1 heterocycles. The number of nitrogens with zero attached hydrogens (tertiary/aromatic N) is 5. The summed E-state index contributed by atoms with van der Waals surface area (Å²) in [6.07, 6.45) is 2.66. The number of tetrazole rings is 1. The molecule has 9 heteroatoms. The summed E-state index contributed by atoms with van der Waals surface area (Å²) in [6, 6.07) is 13.3. The number of aryl methyl sites for hydroxylation is 1. The summed E-state index contributed by atoms with van der Waals surface area (Å²) in [6.45, 7) is 0. The number of carbonyl (C=O) groups is 1. The van der Waals surface area contributed by atoms with Crippen molar-refractivity contribution in [2.24, 2.45) is 7.05 Å². The topological polar surface area (TPSA) is 116 Å². The van der Waals surface area contributed by atoms with Crippen LogP contribution in [0, 0.1) is 10.1 Å². The summed E-state index contributed by atoms with van der Waals surface area (Å²) in [5.74, 6) is 0.160. The maximum atomic E-state index is 12.1. The first-order chi connectivity index (χ1) is 12.5. The van der Waals surface area contributed by atoms with E-state index in [4.69, 9.17) is 0 Å². The first-order valence-corrected chi connectivity index (χ1v) is 7.60. The van der Waals surface area contributed by atoms with Gasteiger partial charge in [0.25, 0.3) is 5.69 Å². The molecule has 3 rings (SSSR count). The maximum absolute atomic E-state index is 12.1. The van der Waals surface area contributed by atoms with E-state index in [-0.39, 0.29) is 5.69 Å². The Morgan fingerprint density at radius 2 is 2.04 bits per heavy atom. The lowest BCUT2D eigenvalue weighted by molar-refractivity contribution is -0.385. The van der Waals surface area contributed by atoms with Gasteiger partial charge in [0.05, 0.1) is 10.5 Å². The van der Waals surface area contributed by atoms with Crippen molar-refractivity contribution in [1.29, 1.82) is 0 Å². The molecule has 0 aliphatic rings. The summed E-state index contributed by atoms with van der Waals surface area (Å²) in [4.78, 5) is 22.6. The summed E-state index contributed by atoms with van der Waals surface area (Å²) < 4.78 is 1.52. The lowest BCUT2D eigenvalue weighted by Gasteiger charge is -2.05. The second-order valence-corrected chi connectivity index (χ2v) is 5.35. The molecule has 0 radical (unpaired) electrons. The number of hydrogen-bond donors (Lipinski definition) is 1. The third-order valence-electron chi connectivity index (χ3n) is 3.56. The van der Waals surface area contributed by atoms with Gasteiger partial charge in [0.15, 0.2) is 5.82 Å². The Morgan fingerprint density at radius 3 is 2.77 bits per heavy atom. The van der Waals surface area contributed by atoms with Gasteiger partial charge in [-0.15, -0.1) is 5.10 Å². The molecule has 0 saturated carbocycles. The number of nitro groups is 1. The molecule has 0 fully saturated rings. The van der Waals surface area contributed by atoms with Crippen LogP contribution in [0.25, 0.3) is 17.5 Å². The van der Waals surface area contributed by atoms with E-state index in [9.17, 15) is 14.9 Å². The van der Waals surface area contributed by atoms with Crippen LogP contribution < -0.4 is 5.32 Å². The van der Waals surface area contributed by atoms with Crippen molar-refractivity contribution in [2.45, 2.75) is 0 Å². The fourth-order valence-corrected chi connectivity index (χ4v) is 2.35. The van der Waals surface area contributed by atoms with Crippen molar-refractivity contribution < 1.29 is 9.72 Å². The molecular weight excluding hydrogens is 336 g/mol. The summed E-state index contributed by atoms with van der Waals surface area (Å²) >= 11 is 0.